The summed E-state index contributed by atoms with van der Waals surface area (Å²) < 4.78 is 43.1. The third-order valence-electron chi connectivity index (χ3n) is 9.92. The van der Waals surface area contributed by atoms with E-state index < -0.39 is 41.0 Å². The smallest absolute Gasteiger partial charge is 0.338 e. The van der Waals surface area contributed by atoms with E-state index in [-0.39, 0.29) is 51.0 Å². The second kappa shape index (κ2) is 16.0. The highest BCUT2D eigenvalue weighted by Crippen LogP contribution is 2.53. The molecule has 0 saturated carbocycles. The topological polar surface area (TPSA) is 94.9 Å². The molecule has 0 unspecified atom stereocenters. The molecule has 3 aromatic rings. The second-order valence-electron chi connectivity index (χ2n) is 14.6. The molecule has 272 valence electrons. The lowest BCUT2D eigenvalue weighted by atomic mass is 9.62. The Balaban J connectivity index is 1.48. The zero-order valence-corrected chi connectivity index (χ0v) is 31.1. The summed E-state index contributed by atoms with van der Waals surface area (Å²) in [6.07, 6.45) is 0.158. The molecule has 2 fully saturated rings. The fourth-order valence-electron chi connectivity index (χ4n) is 7.35. The Bertz CT molecular complexity index is 1800. The lowest BCUT2D eigenvalue weighted by Crippen LogP contribution is -2.45. The molecule has 2 aliphatic heterocycles. The summed E-state index contributed by atoms with van der Waals surface area (Å²) >= 11 is 12.4. The van der Waals surface area contributed by atoms with Crippen LogP contribution in [0, 0.1) is 28.4 Å². The Morgan fingerprint density at radius 2 is 1.78 bits per heavy atom. The summed E-state index contributed by atoms with van der Waals surface area (Å²) in [7, 11) is 3.52. The summed E-state index contributed by atoms with van der Waals surface area (Å²) in [5.74, 6) is -3.31. The van der Waals surface area contributed by atoms with E-state index in [1.54, 1.807) is 18.2 Å². The average molecular weight is 742 g/mol. The molecule has 0 spiro atoms. The lowest BCUT2D eigenvalue weighted by molar-refractivity contribution is -0.120. The van der Waals surface area contributed by atoms with E-state index >= 15 is 8.78 Å². The first-order valence-corrected chi connectivity index (χ1v) is 17.8. The van der Waals surface area contributed by atoms with Crippen molar-refractivity contribution in [2.24, 2.45) is 5.41 Å². The predicted molar refractivity (Wildman–Crippen MR) is 194 cm³/mol. The largest absolute Gasteiger partial charge is 0.496 e. The van der Waals surface area contributed by atoms with Gasteiger partial charge < -0.3 is 19.7 Å². The van der Waals surface area contributed by atoms with Crippen molar-refractivity contribution in [3.63, 3.8) is 0 Å². The van der Waals surface area contributed by atoms with E-state index in [1.807, 2.05) is 20.8 Å². The lowest BCUT2D eigenvalue weighted by Gasteiger charge is -2.37. The molecule has 0 aromatic heterocycles. The van der Waals surface area contributed by atoms with Crippen molar-refractivity contribution < 1.29 is 27.8 Å². The van der Waals surface area contributed by atoms with E-state index in [1.165, 1.54) is 37.4 Å². The number of piperazine rings is 1. The van der Waals surface area contributed by atoms with E-state index in [2.05, 4.69) is 28.2 Å². The minimum atomic E-state index is -1.74. The number of rotatable bonds is 11. The van der Waals surface area contributed by atoms with Crippen molar-refractivity contribution in [2.75, 3.05) is 53.5 Å². The number of Topliss-reactive ketones (excluding diaryl/α,β-unsaturated/α-hetero) is 1. The number of hydrogen-bond donors (Lipinski definition) is 1. The van der Waals surface area contributed by atoms with Gasteiger partial charge in [0.1, 0.15) is 29.4 Å². The van der Waals surface area contributed by atoms with E-state index in [9.17, 15) is 14.9 Å². The van der Waals surface area contributed by atoms with Crippen LogP contribution in [-0.4, -0.2) is 87.1 Å². The number of nitrogens with one attached hydrogen (secondary N) is 1. The van der Waals surface area contributed by atoms with Crippen LogP contribution in [0.1, 0.15) is 60.2 Å². The number of esters is 1. The molecule has 0 radical (unpaired) electrons. The number of halogens is 4. The number of ether oxygens (including phenoxy) is 2. The van der Waals surface area contributed by atoms with Crippen LogP contribution in [-0.2, 0) is 21.4 Å². The van der Waals surface area contributed by atoms with Crippen molar-refractivity contribution in [1.82, 2.24) is 15.1 Å². The van der Waals surface area contributed by atoms with E-state index in [4.69, 9.17) is 32.7 Å². The summed E-state index contributed by atoms with van der Waals surface area (Å²) in [6.45, 7) is 10.5. The molecule has 5 rings (SSSR count). The zero-order chi connectivity index (χ0) is 37.1. The summed E-state index contributed by atoms with van der Waals surface area (Å²) in [6, 6.07) is 13.6. The van der Waals surface area contributed by atoms with Gasteiger partial charge in [0.25, 0.3) is 0 Å². The highest BCUT2D eigenvalue weighted by atomic mass is 35.5. The average Bonchev–Trinajstić information content (AvgIpc) is 3.39. The van der Waals surface area contributed by atoms with Gasteiger partial charge in [0, 0.05) is 67.3 Å². The van der Waals surface area contributed by atoms with E-state index in [0.29, 0.717) is 24.3 Å². The molecule has 12 heteroatoms. The first kappa shape index (κ1) is 38.6. The van der Waals surface area contributed by atoms with Gasteiger partial charge >= 0.3 is 5.97 Å². The highest BCUT2D eigenvalue weighted by Gasteiger charge is 2.61. The number of likely N-dealkylation sites (N-methyl/N-ethyl adjacent to an activating group) is 1. The third kappa shape index (κ3) is 8.40. The number of hydrogen-bond acceptors (Lipinski definition) is 8. The minimum Gasteiger partial charge on any atom is -0.496 e. The van der Waals surface area contributed by atoms with Crippen molar-refractivity contribution in [3.05, 3.63) is 98.5 Å². The molecule has 51 heavy (non-hydrogen) atoms. The number of nitriles is 1. The molecule has 0 aliphatic carbocycles. The van der Waals surface area contributed by atoms with Crippen molar-refractivity contribution in [2.45, 2.75) is 57.0 Å². The summed E-state index contributed by atoms with van der Waals surface area (Å²) in [5, 5.41) is 14.4. The molecule has 0 amide bonds. The third-order valence-corrected chi connectivity index (χ3v) is 10.4. The van der Waals surface area contributed by atoms with Gasteiger partial charge in [-0.25, -0.2) is 13.6 Å². The predicted octanol–water partition coefficient (Wildman–Crippen LogP) is 6.82. The number of nitrogens with zero attached hydrogens (tertiary/aromatic N) is 3. The first-order valence-electron chi connectivity index (χ1n) is 17.0. The van der Waals surface area contributed by atoms with E-state index in [0.717, 1.165) is 32.2 Å². The Morgan fingerprint density at radius 3 is 2.43 bits per heavy atom. The Morgan fingerprint density at radius 1 is 1.06 bits per heavy atom. The van der Waals surface area contributed by atoms with Gasteiger partial charge in [-0.05, 0) is 54.8 Å². The molecule has 8 nitrogen and oxygen atoms in total. The van der Waals surface area contributed by atoms with Gasteiger partial charge in [-0.1, -0.05) is 68.2 Å². The maximum Gasteiger partial charge on any atom is 0.338 e. The number of ketones is 1. The second-order valence-corrected chi connectivity index (χ2v) is 15.5. The van der Waals surface area contributed by atoms with Crippen LogP contribution >= 0.6 is 23.2 Å². The molecule has 3 aromatic carbocycles. The molecule has 2 saturated heterocycles. The normalized spacial score (nSPS) is 22.8. The van der Waals surface area contributed by atoms with Gasteiger partial charge in [-0.3, -0.25) is 9.69 Å². The number of methoxy groups -OCH3 is 1. The maximum atomic E-state index is 16.0. The molecule has 4 atom stereocenters. The van der Waals surface area contributed by atoms with Crippen LogP contribution in [0.2, 0.25) is 10.0 Å². The maximum absolute atomic E-state index is 16.0. The van der Waals surface area contributed by atoms with Crippen LogP contribution < -0.4 is 10.1 Å². The van der Waals surface area contributed by atoms with Crippen LogP contribution in [0.25, 0.3) is 0 Å². The fourth-order valence-corrected chi connectivity index (χ4v) is 7.69. The SMILES string of the molecule is COc1cc(C(=O)OCCN2CCN(C)CC2)ccc1CC(=O)[C@@H]1N[C@@H](CC(C)(C)C)[C@](C#N)(c2ccc(Cl)cc2F)[C@H]1c1cccc(Cl)c1F. The van der Waals surface area contributed by atoms with Crippen LogP contribution in [0.3, 0.4) is 0 Å². The number of carbonyl (C=O) groups is 2. The fraction of sp³-hybridized carbons (Fsp3) is 0.462. The zero-order valence-electron chi connectivity index (χ0n) is 29.6. The summed E-state index contributed by atoms with van der Waals surface area (Å²) in [4.78, 5) is 31.9. The highest BCUT2D eigenvalue weighted by molar-refractivity contribution is 6.31. The van der Waals surface area contributed by atoms with Crippen molar-refractivity contribution in [1.29, 1.82) is 5.26 Å². The number of carbonyl (C=O) groups excluding carboxylic acids is 2. The van der Waals surface area contributed by atoms with Crippen LogP contribution in [0.5, 0.6) is 5.75 Å². The Hall–Kier alpha value is -3.59. The monoisotopic (exact) mass is 740 g/mol. The Kier molecular flexibility index (Phi) is 12.1. The van der Waals surface area contributed by atoms with Crippen molar-refractivity contribution in [3.8, 4) is 11.8 Å². The van der Waals surface area contributed by atoms with Crippen molar-refractivity contribution >= 4 is 35.0 Å². The number of benzene rings is 3. The standard InChI is InChI=1S/C39H44Cl2F2N4O4/c1-38(2,3)22-33-39(23-44,28-12-11-26(40)21-30(28)42)34(27-7-6-8-29(41)35(27)43)36(45-33)31(48)19-24-9-10-25(20-32(24)50-5)37(49)51-18-17-47-15-13-46(4)14-16-47/h6-12,20-21,33-34,36,45H,13-19,22H2,1-5H3/t33-,34-,36-,39-/m0/s1. The minimum absolute atomic E-state index is 0.00361. The molecular weight excluding hydrogens is 697 g/mol. The van der Waals surface area contributed by atoms with Gasteiger partial charge in [0.2, 0.25) is 0 Å². The molecule has 1 N–H and O–H groups in total. The van der Waals surface area contributed by atoms with Gasteiger partial charge in [-0.2, -0.15) is 5.26 Å². The summed E-state index contributed by atoms with van der Waals surface area (Å²) in [5.41, 5.74) is -1.35. The molecule has 0 bridgehead atoms. The first-order chi connectivity index (χ1) is 24.2. The van der Waals surface area contributed by atoms with Gasteiger partial charge in [-0.15, -0.1) is 0 Å². The molecule has 2 heterocycles. The molecule has 2 aliphatic rings. The van der Waals surface area contributed by atoms with Crippen LogP contribution in [0.4, 0.5) is 8.78 Å². The van der Waals surface area contributed by atoms with Gasteiger partial charge in [0.05, 0.1) is 29.8 Å². The quantitative estimate of drug-likeness (QED) is 0.214. The molecular formula is C39H44Cl2F2N4O4. The van der Waals surface area contributed by atoms with Crippen LogP contribution in [0.15, 0.2) is 54.6 Å². The Labute approximate surface area is 308 Å². The van der Waals surface area contributed by atoms with Gasteiger partial charge in [0.15, 0.2) is 5.78 Å².